The van der Waals surface area contributed by atoms with Crippen molar-refractivity contribution in [3.8, 4) is 0 Å². The standard InChI is InChI=1S/C15H13F3N2S/c16-15(17,18)12-7-11(10-2-1-5-19-8-10)6-9-3-4-13(21)20-14(9)12/h1-2,5,7-8,11H,3-4,6H2,(H,20,21). The van der Waals surface area contributed by atoms with Gasteiger partial charge in [0.25, 0.3) is 0 Å². The summed E-state index contributed by atoms with van der Waals surface area (Å²) in [5.41, 5.74) is 1.16. The van der Waals surface area contributed by atoms with Gasteiger partial charge < -0.3 is 5.32 Å². The third kappa shape index (κ3) is 2.85. The molecule has 2 nitrogen and oxygen atoms in total. The molecule has 0 saturated carbocycles. The van der Waals surface area contributed by atoms with Gasteiger partial charge in [0.05, 0.1) is 16.3 Å². The second-order valence-electron chi connectivity index (χ2n) is 5.20. The number of thiocarbonyl (C=S) groups is 1. The Morgan fingerprint density at radius 1 is 1.29 bits per heavy atom. The number of hydrogen-bond acceptors (Lipinski definition) is 2. The van der Waals surface area contributed by atoms with Gasteiger partial charge in [0, 0.05) is 24.7 Å². The number of allylic oxidation sites excluding steroid dienone is 3. The summed E-state index contributed by atoms with van der Waals surface area (Å²) in [5, 5.41) is 2.75. The lowest BCUT2D eigenvalue weighted by Crippen LogP contribution is -2.34. The zero-order valence-electron chi connectivity index (χ0n) is 11.1. The quantitative estimate of drug-likeness (QED) is 0.793. The second-order valence-corrected chi connectivity index (χ2v) is 5.69. The first-order chi connectivity index (χ1) is 9.95. The van der Waals surface area contributed by atoms with Gasteiger partial charge >= 0.3 is 6.18 Å². The summed E-state index contributed by atoms with van der Waals surface area (Å²) in [6.45, 7) is 0. The molecule has 1 N–H and O–H groups in total. The van der Waals surface area contributed by atoms with Gasteiger partial charge in [-0.05, 0) is 30.0 Å². The van der Waals surface area contributed by atoms with Crippen LogP contribution in [0.3, 0.4) is 0 Å². The highest BCUT2D eigenvalue weighted by Crippen LogP contribution is 2.43. The maximum Gasteiger partial charge on any atom is 0.418 e. The number of halogens is 3. The lowest BCUT2D eigenvalue weighted by Gasteiger charge is -2.32. The highest BCUT2D eigenvalue weighted by molar-refractivity contribution is 7.80. The minimum absolute atomic E-state index is 0.166. The normalized spacial score (nSPS) is 22.5. The fourth-order valence-electron chi connectivity index (χ4n) is 2.80. The summed E-state index contributed by atoms with van der Waals surface area (Å²) in [6, 6.07) is 3.56. The van der Waals surface area contributed by atoms with Gasteiger partial charge in [-0.3, -0.25) is 4.98 Å². The maximum absolute atomic E-state index is 13.3. The van der Waals surface area contributed by atoms with Crippen molar-refractivity contribution < 1.29 is 13.2 Å². The zero-order valence-corrected chi connectivity index (χ0v) is 11.9. The Hall–Kier alpha value is -1.69. The van der Waals surface area contributed by atoms with Gasteiger partial charge in [0.15, 0.2) is 0 Å². The monoisotopic (exact) mass is 310 g/mol. The van der Waals surface area contributed by atoms with E-state index in [1.54, 1.807) is 18.5 Å². The van der Waals surface area contributed by atoms with Crippen LogP contribution >= 0.6 is 12.2 Å². The van der Waals surface area contributed by atoms with Gasteiger partial charge in [-0.15, -0.1) is 0 Å². The summed E-state index contributed by atoms with van der Waals surface area (Å²) in [7, 11) is 0. The molecule has 110 valence electrons. The summed E-state index contributed by atoms with van der Waals surface area (Å²) in [6.07, 6.45) is 1.92. The summed E-state index contributed by atoms with van der Waals surface area (Å²) < 4.78 is 40.0. The lowest BCUT2D eigenvalue weighted by molar-refractivity contribution is -0.0904. The fourth-order valence-corrected chi connectivity index (χ4v) is 3.00. The molecule has 0 radical (unpaired) electrons. The molecular formula is C15H13F3N2S. The van der Waals surface area contributed by atoms with Crippen molar-refractivity contribution >= 4 is 17.2 Å². The predicted octanol–water partition coefficient (Wildman–Crippen LogP) is 4.02. The van der Waals surface area contributed by atoms with E-state index in [1.165, 1.54) is 6.08 Å². The van der Waals surface area contributed by atoms with E-state index in [2.05, 4.69) is 10.3 Å². The minimum atomic E-state index is -4.39. The fraction of sp³-hybridized carbons (Fsp3) is 0.333. The Bertz CT molecular complexity index is 632. The highest BCUT2D eigenvalue weighted by atomic mass is 32.1. The molecule has 0 amide bonds. The average molecular weight is 310 g/mol. The lowest BCUT2D eigenvalue weighted by atomic mass is 9.81. The van der Waals surface area contributed by atoms with Crippen LogP contribution < -0.4 is 5.32 Å². The van der Waals surface area contributed by atoms with Crippen LogP contribution in [0.2, 0.25) is 0 Å². The van der Waals surface area contributed by atoms with Crippen molar-refractivity contribution in [2.24, 2.45) is 0 Å². The summed E-state index contributed by atoms with van der Waals surface area (Å²) in [5.74, 6) is -0.289. The van der Waals surface area contributed by atoms with E-state index < -0.39 is 11.7 Å². The molecule has 1 aliphatic carbocycles. The average Bonchev–Trinajstić information content (AvgIpc) is 2.46. The predicted molar refractivity (Wildman–Crippen MR) is 77.7 cm³/mol. The Labute approximate surface area is 125 Å². The molecular weight excluding hydrogens is 297 g/mol. The minimum Gasteiger partial charge on any atom is -0.350 e. The molecule has 1 aromatic heterocycles. The molecule has 1 aromatic rings. The van der Waals surface area contributed by atoms with Gasteiger partial charge in [-0.25, -0.2) is 0 Å². The first-order valence-electron chi connectivity index (χ1n) is 6.66. The second kappa shape index (κ2) is 5.26. The molecule has 0 spiro atoms. The Balaban J connectivity index is 2.03. The Kier molecular flexibility index (Phi) is 3.57. The molecule has 1 unspecified atom stereocenters. The Morgan fingerprint density at radius 3 is 2.76 bits per heavy atom. The maximum atomic E-state index is 13.3. The zero-order chi connectivity index (χ0) is 15.0. The van der Waals surface area contributed by atoms with Crippen LogP contribution in [0.25, 0.3) is 0 Å². The molecule has 2 aliphatic rings. The number of rotatable bonds is 1. The van der Waals surface area contributed by atoms with Crippen LogP contribution in [0.1, 0.15) is 30.7 Å². The van der Waals surface area contributed by atoms with Gasteiger partial charge in [0.1, 0.15) is 0 Å². The van der Waals surface area contributed by atoms with Crippen molar-refractivity contribution in [2.75, 3.05) is 0 Å². The van der Waals surface area contributed by atoms with Gasteiger partial charge in [-0.1, -0.05) is 24.4 Å². The molecule has 1 atom stereocenters. The van der Waals surface area contributed by atoms with E-state index >= 15 is 0 Å². The number of alkyl halides is 3. The van der Waals surface area contributed by atoms with Crippen molar-refractivity contribution in [2.45, 2.75) is 31.4 Å². The van der Waals surface area contributed by atoms with Crippen LogP contribution in [0, 0.1) is 0 Å². The van der Waals surface area contributed by atoms with Gasteiger partial charge in [0.2, 0.25) is 0 Å². The molecule has 0 saturated heterocycles. The van der Waals surface area contributed by atoms with E-state index in [9.17, 15) is 13.2 Å². The molecule has 1 aliphatic heterocycles. The summed E-state index contributed by atoms with van der Waals surface area (Å²) >= 11 is 5.02. The molecule has 21 heavy (non-hydrogen) atoms. The third-order valence-electron chi connectivity index (χ3n) is 3.79. The smallest absolute Gasteiger partial charge is 0.350 e. The number of aromatic nitrogens is 1. The van der Waals surface area contributed by atoms with Crippen molar-refractivity contribution in [3.63, 3.8) is 0 Å². The molecule has 0 aromatic carbocycles. The molecule has 6 heteroatoms. The van der Waals surface area contributed by atoms with E-state index in [1.807, 2.05) is 6.07 Å². The summed E-state index contributed by atoms with van der Waals surface area (Å²) in [4.78, 5) is 4.48. The van der Waals surface area contributed by atoms with Crippen LogP contribution in [-0.4, -0.2) is 16.1 Å². The van der Waals surface area contributed by atoms with Crippen LogP contribution in [0.4, 0.5) is 13.2 Å². The first kappa shape index (κ1) is 14.3. The number of hydrogen-bond donors (Lipinski definition) is 1. The number of nitrogens with zero attached hydrogens (tertiary/aromatic N) is 1. The van der Waals surface area contributed by atoms with Gasteiger partial charge in [-0.2, -0.15) is 13.2 Å². The van der Waals surface area contributed by atoms with E-state index in [-0.39, 0.29) is 11.6 Å². The van der Waals surface area contributed by atoms with Crippen molar-refractivity contribution in [1.29, 1.82) is 0 Å². The third-order valence-corrected chi connectivity index (χ3v) is 4.10. The van der Waals surface area contributed by atoms with Crippen LogP contribution in [-0.2, 0) is 0 Å². The molecule has 3 rings (SSSR count). The molecule has 2 heterocycles. The topological polar surface area (TPSA) is 24.9 Å². The number of nitrogens with one attached hydrogen (secondary N) is 1. The van der Waals surface area contributed by atoms with E-state index in [0.29, 0.717) is 24.3 Å². The van der Waals surface area contributed by atoms with Crippen molar-refractivity contribution in [1.82, 2.24) is 10.3 Å². The Morgan fingerprint density at radius 2 is 2.10 bits per heavy atom. The van der Waals surface area contributed by atoms with E-state index in [4.69, 9.17) is 12.2 Å². The SMILES string of the molecule is FC(F)(F)C1=CC(c2cccnc2)CC2=C1NC(=S)CC2. The van der Waals surface area contributed by atoms with Crippen molar-refractivity contribution in [3.05, 3.63) is 53.0 Å². The van der Waals surface area contributed by atoms with Crippen LogP contribution in [0.5, 0.6) is 0 Å². The molecule has 0 fully saturated rings. The molecule has 0 bridgehead atoms. The highest BCUT2D eigenvalue weighted by Gasteiger charge is 2.41. The first-order valence-corrected chi connectivity index (χ1v) is 7.07. The number of pyridine rings is 1. The van der Waals surface area contributed by atoms with E-state index in [0.717, 1.165) is 11.1 Å². The van der Waals surface area contributed by atoms with Crippen LogP contribution in [0.15, 0.2) is 47.4 Å². The largest absolute Gasteiger partial charge is 0.418 e.